The number of benzene rings is 1. The molecule has 0 saturated carbocycles. The molecule has 1 saturated heterocycles. The molecule has 0 spiro atoms. The van der Waals surface area contributed by atoms with E-state index >= 15 is 0 Å². The Kier molecular flexibility index (Phi) is 4.57. The molecule has 0 radical (unpaired) electrons. The molecule has 0 amide bonds. The summed E-state index contributed by atoms with van der Waals surface area (Å²) in [4.78, 5) is 10.6. The zero-order valence-electron chi connectivity index (χ0n) is 11.2. The molecule has 2 rings (SSSR count). The highest BCUT2D eigenvalue weighted by Gasteiger charge is 2.13. The number of rotatable bonds is 5. The van der Waals surface area contributed by atoms with Gasteiger partial charge < -0.3 is 10.7 Å². The van der Waals surface area contributed by atoms with Crippen molar-refractivity contribution in [2.45, 2.75) is 26.2 Å². The maximum Gasteiger partial charge on any atom is 0.273 e. The summed E-state index contributed by atoms with van der Waals surface area (Å²) in [7, 11) is 0. The lowest BCUT2D eigenvalue weighted by atomic mass is 10.2. The third kappa shape index (κ3) is 3.82. The molecule has 1 fully saturated rings. The molecular weight excluding hydrogens is 244 g/mol. The van der Waals surface area contributed by atoms with E-state index in [1.807, 2.05) is 13.0 Å². The van der Waals surface area contributed by atoms with Crippen molar-refractivity contribution >= 4 is 17.1 Å². The van der Waals surface area contributed by atoms with Crippen LogP contribution in [0.1, 0.15) is 26.2 Å². The van der Waals surface area contributed by atoms with Crippen molar-refractivity contribution in [1.82, 2.24) is 5.01 Å². The van der Waals surface area contributed by atoms with Crippen LogP contribution in [0.15, 0.2) is 18.2 Å². The topological polar surface area (TPSA) is 70.4 Å². The first-order valence-corrected chi connectivity index (χ1v) is 6.74. The number of nitro groups is 1. The van der Waals surface area contributed by atoms with Gasteiger partial charge in [-0.1, -0.05) is 6.42 Å². The van der Waals surface area contributed by atoms with E-state index in [4.69, 9.17) is 0 Å². The Hall–Kier alpha value is -1.82. The Balaban J connectivity index is 2.15. The summed E-state index contributed by atoms with van der Waals surface area (Å²) in [6.07, 6.45) is 3.60. The van der Waals surface area contributed by atoms with Gasteiger partial charge in [-0.2, -0.15) is 0 Å². The predicted octanol–water partition coefficient (Wildman–Crippen LogP) is 2.84. The first kappa shape index (κ1) is 13.6. The molecular formula is C13H20N4O2. The maximum absolute atomic E-state index is 10.9. The van der Waals surface area contributed by atoms with E-state index in [0.717, 1.165) is 31.0 Å². The smallest absolute Gasteiger partial charge is 0.273 e. The summed E-state index contributed by atoms with van der Waals surface area (Å²) in [5, 5.41) is 16.2. The maximum atomic E-state index is 10.9. The summed E-state index contributed by atoms with van der Waals surface area (Å²) < 4.78 is 0. The second-order valence-electron chi connectivity index (χ2n) is 4.72. The van der Waals surface area contributed by atoms with Crippen LogP contribution in [0.5, 0.6) is 0 Å². The molecule has 1 heterocycles. The number of hydrogen-bond donors (Lipinski definition) is 2. The SMILES string of the molecule is CCNc1cc(NN2CCCCC2)cc([N+](=O)[O-])c1. The molecule has 6 nitrogen and oxygen atoms in total. The largest absolute Gasteiger partial charge is 0.385 e. The second-order valence-corrected chi connectivity index (χ2v) is 4.72. The van der Waals surface area contributed by atoms with Gasteiger partial charge in [0, 0.05) is 37.5 Å². The van der Waals surface area contributed by atoms with Crippen LogP contribution < -0.4 is 10.7 Å². The van der Waals surface area contributed by atoms with Gasteiger partial charge in [-0.25, -0.2) is 5.01 Å². The van der Waals surface area contributed by atoms with Crippen LogP contribution in [0, 0.1) is 10.1 Å². The molecule has 104 valence electrons. The van der Waals surface area contributed by atoms with Crippen molar-refractivity contribution in [2.75, 3.05) is 30.4 Å². The fraction of sp³-hybridized carbons (Fsp3) is 0.538. The minimum absolute atomic E-state index is 0.109. The van der Waals surface area contributed by atoms with Crippen LogP contribution in [0.3, 0.4) is 0 Å². The van der Waals surface area contributed by atoms with E-state index in [0.29, 0.717) is 0 Å². The fourth-order valence-corrected chi connectivity index (χ4v) is 2.28. The zero-order chi connectivity index (χ0) is 13.7. The van der Waals surface area contributed by atoms with Gasteiger partial charge in [0.1, 0.15) is 0 Å². The van der Waals surface area contributed by atoms with Crippen molar-refractivity contribution in [1.29, 1.82) is 0 Å². The summed E-state index contributed by atoms with van der Waals surface area (Å²) in [6.45, 7) is 4.68. The molecule has 0 unspecified atom stereocenters. The molecule has 19 heavy (non-hydrogen) atoms. The lowest BCUT2D eigenvalue weighted by molar-refractivity contribution is -0.384. The first-order chi connectivity index (χ1) is 9.19. The summed E-state index contributed by atoms with van der Waals surface area (Å²) >= 11 is 0. The Morgan fingerprint density at radius 1 is 1.21 bits per heavy atom. The minimum atomic E-state index is -0.359. The normalized spacial score (nSPS) is 16.1. The van der Waals surface area contributed by atoms with Gasteiger partial charge in [-0.3, -0.25) is 10.1 Å². The molecule has 6 heteroatoms. The monoisotopic (exact) mass is 264 g/mol. The van der Waals surface area contributed by atoms with E-state index < -0.39 is 0 Å². The fourth-order valence-electron chi connectivity index (χ4n) is 2.28. The van der Waals surface area contributed by atoms with Crippen LogP contribution in [-0.4, -0.2) is 29.6 Å². The van der Waals surface area contributed by atoms with Gasteiger partial charge in [0.2, 0.25) is 0 Å². The minimum Gasteiger partial charge on any atom is -0.385 e. The van der Waals surface area contributed by atoms with E-state index in [1.54, 1.807) is 12.1 Å². The molecule has 0 aromatic heterocycles. The van der Waals surface area contributed by atoms with E-state index in [2.05, 4.69) is 15.8 Å². The molecule has 1 aromatic carbocycles. The molecule has 1 aliphatic rings. The average molecular weight is 264 g/mol. The van der Waals surface area contributed by atoms with Gasteiger partial charge >= 0.3 is 0 Å². The van der Waals surface area contributed by atoms with Gasteiger partial charge in [0.25, 0.3) is 5.69 Å². The van der Waals surface area contributed by atoms with Gasteiger partial charge in [0.05, 0.1) is 10.6 Å². The van der Waals surface area contributed by atoms with Crippen LogP contribution in [0.2, 0.25) is 0 Å². The van der Waals surface area contributed by atoms with E-state index in [-0.39, 0.29) is 10.6 Å². The Bertz CT molecular complexity index is 444. The molecule has 0 aliphatic carbocycles. The standard InChI is InChI=1S/C13H20N4O2/c1-2-14-11-8-12(10-13(9-11)17(18)19)15-16-6-4-3-5-7-16/h8-10,14-15H,2-7H2,1H3. The van der Waals surface area contributed by atoms with Crippen LogP contribution in [0.4, 0.5) is 17.1 Å². The molecule has 0 atom stereocenters. The van der Waals surface area contributed by atoms with E-state index in [1.165, 1.54) is 19.3 Å². The molecule has 2 N–H and O–H groups in total. The number of hydrogen-bond acceptors (Lipinski definition) is 5. The lowest BCUT2D eigenvalue weighted by Gasteiger charge is -2.28. The number of non-ortho nitro benzene ring substituents is 1. The van der Waals surface area contributed by atoms with Gasteiger partial charge in [-0.05, 0) is 25.8 Å². The predicted molar refractivity (Wildman–Crippen MR) is 76.3 cm³/mol. The van der Waals surface area contributed by atoms with Gasteiger partial charge in [-0.15, -0.1) is 0 Å². The van der Waals surface area contributed by atoms with Gasteiger partial charge in [0.15, 0.2) is 0 Å². The quantitative estimate of drug-likeness (QED) is 0.632. The highest BCUT2D eigenvalue weighted by molar-refractivity contribution is 5.63. The lowest BCUT2D eigenvalue weighted by Crippen LogP contribution is -2.34. The van der Waals surface area contributed by atoms with Crippen molar-refractivity contribution in [2.24, 2.45) is 0 Å². The number of anilines is 2. The highest BCUT2D eigenvalue weighted by Crippen LogP contribution is 2.25. The number of piperidine rings is 1. The second kappa shape index (κ2) is 6.38. The number of nitrogens with one attached hydrogen (secondary N) is 2. The third-order valence-electron chi connectivity index (χ3n) is 3.15. The first-order valence-electron chi connectivity index (χ1n) is 6.74. The number of hydrazine groups is 1. The summed E-state index contributed by atoms with van der Waals surface area (Å²) in [5.41, 5.74) is 4.92. The zero-order valence-corrected chi connectivity index (χ0v) is 11.2. The Morgan fingerprint density at radius 3 is 2.53 bits per heavy atom. The molecule has 0 bridgehead atoms. The number of nitro benzene ring substituents is 1. The van der Waals surface area contributed by atoms with Crippen molar-refractivity contribution in [3.63, 3.8) is 0 Å². The number of nitrogens with zero attached hydrogens (tertiary/aromatic N) is 2. The van der Waals surface area contributed by atoms with E-state index in [9.17, 15) is 10.1 Å². The Labute approximate surface area is 112 Å². The average Bonchev–Trinajstić information content (AvgIpc) is 2.40. The Morgan fingerprint density at radius 2 is 1.89 bits per heavy atom. The van der Waals surface area contributed by atoms with Crippen molar-refractivity contribution in [3.8, 4) is 0 Å². The highest BCUT2D eigenvalue weighted by atomic mass is 16.6. The summed E-state index contributed by atoms with van der Waals surface area (Å²) in [6, 6.07) is 5.05. The van der Waals surface area contributed by atoms with Crippen LogP contribution in [-0.2, 0) is 0 Å². The van der Waals surface area contributed by atoms with Crippen LogP contribution in [0.25, 0.3) is 0 Å². The van der Waals surface area contributed by atoms with Crippen molar-refractivity contribution in [3.05, 3.63) is 28.3 Å². The van der Waals surface area contributed by atoms with Crippen LogP contribution >= 0.6 is 0 Å². The molecule has 1 aromatic rings. The third-order valence-corrected chi connectivity index (χ3v) is 3.15. The van der Waals surface area contributed by atoms with Crippen molar-refractivity contribution < 1.29 is 4.92 Å². The summed E-state index contributed by atoms with van der Waals surface area (Å²) in [5.74, 6) is 0. The molecule has 1 aliphatic heterocycles.